The van der Waals surface area contributed by atoms with Crippen molar-refractivity contribution in [3.63, 3.8) is 0 Å². The summed E-state index contributed by atoms with van der Waals surface area (Å²) in [5.41, 5.74) is 1.97. The van der Waals surface area contributed by atoms with E-state index in [9.17, 15) is 4.79 Å². The van der Waals surface area contributed by atoms with Gasteiger partial charge in [-0.05, 0) is 30.3 Å². The van der Waals surface area contributed by atoms with E-state index in [-0.39, 0.29) is 12.5 Å². The third kappa shape index (κ3) is 3.22. The van der Waals surface area contributed by atoms with E-state index in [0.717, 1.165) is 5.69 Å². The highest BCUT2D eigenvalue weighted by Crippen LogP contribution is 2.14. The average Bonchev–Trinajstić information content (AvgIpc) is 2.52. The number of benzene rings is 1. The Balaban J connectivity index is 2.25. The molecule has 100 valence electrons. The largest absolute Gasteiger partial charge is 0.384 e. The summed E-state index contributed by atoms with van der Waals surface area (Å²) in [6, 6.07) is 10.6. The molecule has 0 spiro atoms. The predicted molar refractivity (Wildman–Crippen MR) is 77.4 cm³/mol. The number of nitrogens with zero attached hydrogens (tertiary/aromatic N) is 2. The highest BCUT2D eigenvalue weighted by molar-refractivity contribution is 6.05. The molecule has 2 rings (SSSR count). The SMILES string of the molecule is CN(C(=O)c1cccc(C#CCO)c1)c1cccnc1. The van der Waals surface area contributed by atoms with Crippen molar-refractivity contribution in [2.75, 3.05) is 18.6 Å². The molecule has 4 heteroatoms. The molecule has 1 amide bonds. The molecule has 0 radical (unpaired) electrons. The third-order valence-corrected chi connectivity index (χ3v) is 2.76. The van der Waals surface area contributed by atoms with Gasteiger partial charge in [0.2, 0.25) is 0 Å². The summed E-state index contributed by atoms with van der Waals surface area (Å²) in [6.07, 6.45) is 3.29. The van der Waals surface area contributed by atoms with Crippen LogP contribution in [0.4, 0.5) is 5.69 Å². The van der Waals surface area contributed by atoms with Crippen LogP contribution in [0.25, 0.3) is 0 Å². The van der Waals surface area contributed by atoms with E-state index in [1.165, 1.54) is 4.90 Å². The number of rotatable bonds is 2. The summed E-state index contributed by atoms with van der Waals surface area (Å²) in [5.74, 6) is 5.21. The molecule has 20 heavy (non-hydrogen) atoms. The van der Waals surface area contributed by atoms with E-state index in [0.29, 0.717) is 11.1 Å². The minimum absolute atomic E-state index is 0.134. The Hall–Kier alpha value is -2.64. The van der Waals surface area contributed by atoms with E-state index < -0.39 is 0 Å². The van der Waals surface area contributed by atoms with Gasteiger partial charge in [-0.3, -0.25) is 9.78 Å². The Kier molecular flexibility index (Phi) is 4.48. The maximum Gasteiger partial charge on any atom is 0.258 e. The second-order valence-corrected chi connectivity index (χ2v) is 4.12. The van der Waals surface area contributed by atoms with Crippen LogP contribution in [0.1, 0.15) is 15.9 Å². The van der Waals surface area contributed by atoms with E-state index in [1.807, 2.05) is 6.07 Å². The zero-order chi connectivity index (χ0) is 14.4. The Morgan fingerprint density at radius 3 is 2.90 bits per heavy atom. The number of aromatic nitrogens is 1. The highest BCUT2D eigenvalue weighted by atomic mass is 16.2. The first kappa shape index (κ1) is 13.8. The lowest BCUT2D eigenvalue weighted by Crippen LogP contribution is -2.26. The summed E-state index contributed by atoms with van der Waals surface area (Å²) >= 11 is 0. The maximum atomic E-state index is 12.4. The molecule has 2 aromatic rings. The molecule has 0 fully saturated rings. The first-order chi connectivity index (χ1) is 9.72. The van der Waals surface area contributed by atoms with Crippen molar-refractivity contribution in [2.24, 2.45) is 0 Å². The van der Waals surface area contributed by atoms with Gasteiger partial charge in [0.25, 0.3) is 5.91 Å². The summed E-state index contributed by atoms with van der Waals surface area (Å²) in [5, 5.41) is 8.69. The predicted octanol–water partition coefficient (Wildman–Crippen LogP) is 1.70. The normalized spacial score (nSPS) is 9.50. The van der Waals surface area contributed by atoms with Gasteiger partial charge in [-0.25, -0.2) is 0 Å². The van der Waals surface area contributed by atoms with Crippen LogP contribution in [0.2, 0.25) is 0 Å². The molecule has 0 atom stereocenters. The van der Waals surface area contributed by atoms with Crippen LogP contribution in [-0.4, -0.2) is 29.7 Å². The van der Waals surface area contributed by atoms with Crippen LogP contribution in [0.5, 0.6) is 0 Å². The van der Waals surface area contributed by atoms with Gasteiger partial charge in [-0.15, -0.1) is 0 Å². The number of hydrogen-bond acceptors (Lipinski definition) is 3. The fourth-order valence-electron chi connectivity index (χ4n) is 1.73. The second-order valence-electron chi connectivity index (χ2n) is 4.12. The molecule has 1 N–H and O–H groups in total. The lowest BCUT2D eigenvalue weighted by molar-refractivity contribution is 0.0993. The van der Waals surface area contributed by atoms with Crippen molar-refractivity contribution < 1.29 is 9.90 Å². The van der Waals surface area contributed by atoms with Crippen LogP contribution in [0, 0.1) is 11.8 Å². The zero-order valence-corrected chi connectivity index (χ0v) is 11.1. The second kappa shape index (κ2) is 6.50. The van der Waals surface area contributed by atoms with Gasteiger partial charge < -0.3 is 10.0 Å². The van der Waals surface area contributed by atoms with Crippen LogP contribution in [-0.2, 0) is 0 Å². The number of anilines is 1. The fourth-order valence-corrected chi connectivity index (χ4v) is 1.73. The monoisotopic (exact) mass is 266 g/mol. The smallest absolute Gasteiger partial charge is 0.258 e. The van der Waals surface area contributed by atoms with Crippen molar-refractivity contribution in [1.82, 2.24) is 4.98 Å². The van der Waals surface area contributed by atoms with Crippen molar-refractivity contribution in [2.45, 2.75) is 0 Å². The number of aliphatic hydroxyl groups is 1. The first-order valence-corrected chi connectivity index (χ1v) is 6.10. The standard InChI is InChI=1S/C16H14N2O2/c1-18(15-8-3-9-17-12-15)16(20)14-7-2-5-13(11-14)6-4-10-19/h2-3,5,7-9,11-12,19H,10H2,1H3. The summed E-state index contributed by atoms with van der Waals surface area (Å²) in [4.78, 5) is 17.9. The van der Waals surface area contributed by atoms with Crippen molar-refractivity contribution in [3.8, 4) is 11.8 Å². The minimum Gasteiger partial charge on any atom is -0.384 e. The molecule has 0 bridgehead atoms. The van der Waals surface area contributed by atoms with Crippen molar-refractivity contribution in [1.29, 1.82) is 0 Å². The Morgan fingerprint density at radius 2 is 2.20 bits per heavy atom. The quantitative estimate of drug-likeness (QED) is 0.842. The molecule has 0 aliphatic heterocycles. The lowest BCUT2D eigenvalue weighted by Gasteiger charge is -2.16. The van der Waals surface area contributed by atoms with Gasteiger partial charge in [0.1, 0.15) is 6.61 Å². The number of amides is 1. The van der Waals surface area contributed by atoms with E-state index in [2.05, 4.69) is 16.8 Å². The van der Waals surface area contributed by atoms with Gasteiger partial charge in [0.15, 0.2) is 0 Å². The van der Waals surface area contributed by atoms with Crippen LogP contribution >= 0.6 is 0 Å². The van der Waals surface area contributed by atoms with Crippen molar-refractivity contribution >= 4 is 11.6 Å². The number of aliphatic hydroxyl groups excluding tert-OH is 1. The molecule has 1 aromatic heterocycles. The molecular weight excluding hydrogens is 252 g/mol. The van der Waals surface area contributed by atoms with Gasteiger partial charge in [0.05, 0.1) is 11.9 Å². The number of carbonyl (C=O) groups excluding carboxylic acids is 1. The topological polar surface area (TPSA) is 53.4 Å². The van der Waals surface area contributed by atoms with E-state index in [4.69, 9.17) is 5.11 Å². The van der Waals surface area contributed by atoms with Gasteiger partial charge in [-0.1, -0.05) is 17.9 Å². The van der Waals surface area contributed by atoms with Crippen LogP contribution in [0.3, 0.4) is 0 Å². The first-order valence-electron chi connectivity index (χ1n) is 6.10. The van der Waals surface area contributed by atoms with E-state index in [1.54, 1.807) is 49.8 Å². The molecule has 1 heterocycles. The van der Waals surface area contributed by atoms with Gasteiger partial charge >= 0.3 is 0 Å². The van der Waals surface area contributed by atoms with Crippen LogP contribution in [0.15, 0.2) is 48.8 Å². The van der Waals surface area contributed by atoms with E-state index >= 15 is 0 Å². The number of hydrogen-bond donors (Lipinski definition) is 1. The number of carbonyl (C=O) groups is 1. The average molecular weight is 266 g/mol. The lowest BCUT2D eigenvalue weighted by atomic mass is 10.1. The summed E-state index contributed by atoms with van der Waals surface area (Å²) in [7, 11) is 1.70. The summed E-state index contributed by atoms with van der Waals surface area (Å²) in [6.45, 7) is -0.201. The Bertz CT molecular complexity index is 657. The van der Waals surface area contributed by atoms with Crippen molar-refractivity contribution in [3.05, 3.63) is 59.9 Å². The molecule has 0 saturated carbocycles. The Morgan fingerprint density at radius 1 is 1.35 bits per heavy atom. The molecule has 0 aliphatic carbocycles. The zero-order valence-electron chi connectivity index (χ0n) is 11.1. The molecule has 1 aromatic carbocycles. The highest BCUT2D eigenvalue weighted by Gasteiger charge is 2.13. The van der Waals surface area contributed by atoms with Gasteiger partial charge in [-0.2, -0.15) is 0 Å². The molecule has 4 nitrogen and oxygen atoms in total. The summed E-state index contributed by atoms with van der Waals surface area (Å²) < 4.78 is 0. The number of pyridine rings is 1. The Labute approximate surface area is 117 Å². The maximum absolute atomic E-state index is 12.4. The molecule has 0 unspecified atom stereocenters. The third-order valence-electron chi connectivity index (χ3n) is 2.76. The molecule has 0 saturated heterocycles. The minimum atomic E-state index is -0.201. The fraction of sp³-hybridized carbons (Fsp3) is 0.125. The van der Waals surface area contributed by atoms with Crippen LogP contribution < -0.4 is 4.90 Å². The van der Waals surface area contributed by atoms with Gasteiger partial charge in [0, 0.05) is 24.4 Å². The molecular formula is C16H14N2O2. The molecule has 0 aliphatic rings.